The Bertz CT molecular complexity index is 856. The zero-order valence-corrected chi connectivity index (χ0v) is 13.6. The Balaban J connectivity index is 1.90. The molecule has 3 rings (SSSR count). The Morgan fingerprint density at radius 1 is 1.26 bits per heavy atom. The van der Waals surface area contributed by atoms with Crippen LogP contribution in [0.4, 0.5) is 0 Å². The summed E-state index contributed by atoms with van der Waals surface area (Å²) in [6, 6.07) is 16.0. The third kappa shape index (κ3) is 3.58. The van der Waals surface area contributed by atoms with E-state index in [4.69, 9.17) is 0 Å². The van der Waals surface area contributed by atoms with Crippen molar-refractivity contribution in [2.45, 2.75) is 19.4 Å². The van der Waals surface area contributed by atoms with Gasteiger partial charge in [0.2, 0.25) is 6.41 Å². The number of carbonyl (C=O) groups is 1. The average Bonchev–Trinajstić information content (AvgIpc) is 2.99. The number of hydrogen-bond donors (Lipinski definition) is 1. The van der Waals surface area contributed by atoms with E-state index in [1.165, 1.54) is 0 Å². The predicted molar refractivity (Wildman–Crippen MR) is 94.3 cm³/mol. The molecule has 0 fully saturated rings. The lowest BCUT2D eigenvalue weighted by molar-refractivity contribution is -0.110. The Kier molecular flexibility index (Phi) is 4.70. The summed E-state index contributed by atoms with van der Waals surface area (Å²) in [5, 5.41) is 3.81. The fourth-order valence-electron chi connectivity index (χ4n) is 2.49. The molecule has 114 valence electrons. The lowest BCUT2D eigenvalue weighted by atomic mass is 10.0. The van der Waals surface area contributed by atoms with Crippen LogP contribution in [0, 0.1) is 11.8 Å². The van der Waals surface area contributed by atoms with Crippen LogP contribution in [0.5, 0.6) is 0 Å². The fourth-order valence-corrected chi connectivity index (χ4v) is 3.52. The molecule has 0 aliphatic heterocycles. The highest BCUT2D eigenvalue weighted by molar-refractivity contribution is 7.18. The van der Waals surface area contributed by atoms with Gasteiger partial charge in [-0.1, -0.05) is 30.2 Å². The topological polar surface area (TPSA) is 42.0 Å². The highest BCUT2D eigenvalue weighted by atomic mass is 32.1. The van der Waals surface area contributed by atoms with Gasteiger partial charge in [-0.15, -0.1) is 17.3 Å². The molecule has 0 aliphatic rings. The number of nitrogens with one attached hydrogen (secondary N) is 1. The highest BCUT2D eigenvalue weighted by Crippen LogP contribution is 2.28. The molecule has 0 radical (unpaired) electrons. The first-order chi connectivity index (χ1) is 11.3. The number of fused-ring (bicyclic) bond motifs is 1. The summed E-state index contributed by atoms with van der Waals surface area (Å²) in [4.78, 5) is 15.7. The van der Waals surface area contributed by atoms with Crippen LogP contribution in [0.1, 0.15) is 29.1 Å². The normalized spacial score (nSPS) is 11.5. The van der Waals surface area contributed by atoms with Gasteiger partial charge in [0.1, 0.15) is 5.01 Å². The van der Waals surface area contributed by atoms with E-state index in [0.29, 0.717) is 6.42 Å². The summed E-state index contributed by atoms with van der Waals surface area (Å²) in [6.07, 6.45) is 1.43. The molecule has 0 bridgehead atoms. The number of thiazole rings is 1. The molecule has 0 spiro atoms. The summed E-state index contributed by atoms with van der Waals surface area (Å²) in [6.45, 7) is 1.82. The Morgan fingerprint density at radius 3 is 2.91 bits per heavy atom. The molecule has 1 amide bonds. The van der Waals surface area contributed by atoms with Gasteiger partial charge < -0.3 is 5.32 Å². The molecule has 23 heavy (non-hydrogen) atoms. The van der Waals surface area contributed by atoms with E-state index in [0.717, 1.165) is 32.8 Å². The van der Waals surface area contributed by atoms with Crippen molar-refractivity contribution < 1.29 is 4.79 Å². The maximum atomic E-state index is 11.0. The molecule has 0 aliphatic carbocycles. The third-order valence-electron chi connectivity index (χ3n) is 3.51. The number of amides is 1. The summed E-state index contributed by atoms with van der Waals surface area (Å²) in [7, 11) is 0. The second-order valence-corrected chi connectivity index (χ2v) is 6.20. The van der Waals surface area contributed by atoms with Gasteiger partial charge in [0.05, 0.1) is 16.3 Å². The van der Waals surface area contributed by atoms with Crippen molar-refractivity contribution in [2.24, 2.45) is 0 Å². The molecule has 3 aromatic rings. The zero-order chi connectivity index (χ0) is 16.1. The van der Waals surface area contributed by atoms with Gasteiger partial charge in [0.15, 0.2) is 0 Å². The molecule has 2 aromatic carbocycles. The number of hydrogen-bond acceptors (Lipinski definition) is 3. The number of benzene rings is 2. The molecule has 3 nitrogen and oxygen atoms in total. The second-order valence-electron chi connectivity index (χ2n) is 5.14. The van der Waals surface area contributed by atoms with Gasteiger partial charge in [0.25, 0.3) is 0 Å². The van der Waals surface area contributed by atoms with Crippen LogP contribution in [0.3, 0.4) is 0 Å². The number of aromatic nitrogens is 1. The van der Waals surface area contributed by atoms with E-state index in [9.17, 15) is 4.79 Å². The number of carbonyl (C=O) groups excluding carboxylic acids is 1. The van der Waals surface area contributed by atoms with E-state index in [2.05, 4.69) is 28.2 Å². The smallest absolute Gasteiger partial charge is 0.207 e. The standard InChI is InChI=1S/C19H16N2OS/c1-2-6-14-7-5-8-15(11-14)12-17(20-13-22)19-21-16-9-3-4-10-18(16)23-19/h3-5,7-11,13,17H,12H2,1H3,(H,20,22). The first kappa shape index (κ1) is 15.3. The Labute approximate surface area is 139 Å². The molecular formula is C19H16N2OS. The lowest BCUT2D eigenvalue weighted by Gasteiger charge is -2.13. The molecule has 0 saturated carbocycles. The quantitative estimate of drug-likeness (QED) is 0.575. The minimum atomic E-state index is -0.130. The molecule has 1 heterocycles. The monoisotopic (exact) mass is 320 g/mol. The molecule has 1 N–H and O–H groups in total. The van der Waals surface area contributed by atoms with E-state index in [1.54, 1.807) is 11.3 Å². The summed E-state index contributed by atoms with van der Waals surface area (Å²) >= 11 is 1.62. The van der Waals surface area contributed by atoms with E-state index < -0.39 is 0 Å². The molecular weight excluding hydrogens is 304 g/mol. The fraction of sp³-hybridized carbons (Fsp3) is 0.158. The maximum Gasteiger partial charge on any atom is 0.207 e. The molecule has 1 aromatic heterocycles. The summed E-state index contributed by atoms with van der Waals surface area (Å²) in [5.41, 5.74) is 3.08. The third-order valence-corrected chi connectivity index (χ3v) is 4.66. The maximum absolute atomic E-state index is 11.0. The first-order valence-electron chi connectivity index (χ1n) is 7.37. The largest absolute Gasteiger partial charge is 0.349 e. The van der Waals surface area contributed by atoms with Crippen LogP contribution in [0.15, 0.2) is 48.5 Å². The van der Waals surface area contributed by atoms with Crippen molar-refractivity contribution in [2.75, 3.05) is 0 Å². The molecule has 1 unspecified atom stereocenters. The van der Waals surface area contributed by atoms with Gasteiger partial charge in [-0.2, -0.15) is 0 Å². The molecule has 1 atom stereocenters. The SMILES string of the molecule is CC#Cc1cccc(CC(NC=O)c2nc3ccccc3s2)c1. The van der Waals surface area contributed by atoms with Crippen LogP contribution in [0.2, 0.25) is 0 Å². The van der Waals surface area contributed by atoms with Crippen molar-refractivity contribution in [1.82, 2.24) is 10.3 Å². The van der Waals surface area contributed by atoms with Gasteiger partial charge in [-0.3, -0.25) is 4.79 Å². The summed E-state index contributed by atoms with van der Waals surface area (Å²) in [5.74, 6) is 5.97. The van der Waals surface area contributed by atoms with Crippen molar-refractivity contribution >= 4 is 28.0 Å². The second kappa shape index (κ2) is 7.08. The minimum absolute atomic E-state index is 0.130. The first-order valence-corrected chi connectivity index (χ1v) is 8.18. The Hall–Kier alpha value is -2.64. The van der Waals surface area contributed by atoms with Gasteiger partial charge in [-0.25, -0.2) is 4.98 Å². The van der Waals surface area contributed by atoms with E-state index >= 15 is 0 Å². The zero-order valence-electron chi connectivity index (χ0n) is 12.7. The van der Waals surface area contributed by atoms with Crippen LogP contribution in [-0.2, 0) is 11.2 Å². The van der Waals surface area contributed by atoms with Gasteiger partial charge in [0, 0.05) is 5.56 Å². The van der Waals surface area contributed by atoms with Crippen LogP contribution in [-0.4, -0.2) is 11.4 Å². The number of para-hydroxylation sites is 1. The van der Waals surface area contributed by atoms with E-state index in [-0.39, 0.29) is 6.04 Å². The molecule has 0 saturated heterocycles. The highest BCUT2D eigenvalue weighted by Gasteiger charge is 2.16. The van der Waals surface area contributed by atoms with Crippen LogP contribution < -0.4 is 5.32 Å². The van der Waals surface area contributed by atoms with Gasteiger partial charge >= 0.3 is 0 Å². The van der Waals surface area contributed by atoms with Crippen LogP contribution in [0.25, 0.3) is 10.2 Å². The van der Waals surface area contributed by atoms with Crippen molar-refractivity contribution in [3.05, 3.63) is 64.7 Å². The Morgan fingerprint density at radius 2 is 2.13 bits per heavy atom. The van der Waals surface area contributed by atoms with Crippen LogP contribution >= 0.6 is 11.3 Å². The summed E-state index contributed by atoms with van der Waals surface area (Å²) < 4.78 is 1.13. The van der Waals surface area contributed by atoms with Gasteiger partial charge in [-0.05, 0) is 43.2 Å². The van der Waals surface area contributed by atoms with Crippen molar-refractivity contribution in [1.29, 1.82) is 0 Å². The average molecular weight is 320 g/mol. The molecule has 4 heteroatoms. The lowest BCUT2D eigenvalue weighted by Crippen LogP contribution is -2.21. The van der Waals surface area contributed by atoms with Crippen molar-refractivity contribution in [3.63, 3.8) is 0 Å². The van der Waals surface area contributed by atoms with Crippen molar-refractivity contribution in [3.8, 4) is 11.8 Å². The minimum Gasteiger partial charge on any atom is -0.349 e. The number of nitrogens with zero attached hydrogens (tertiary/aromatic N) is 1. The predicted octanol–water partition coefficient (Wildman–Crippen LogP) is 3.70. The van der Waals surface area contributed by atoms with E-state index in [1.807, 2.05) is 49.4 Å². The number of rotatable bonds is 5.